The third kappa shape index (κ3) is 3.87. The van der Waals surface area contributed by atoms with Crippen LogP contribution in [-0.2, 0) is 6.54 Å². The molecule has 1 N–H and O–H groups in total. The predicted molar refractivity (Wildman–Crippen MR) is 89.8 cm³/mol. The fourth-order valence-corrected chi connectivity index (χ4v) is 3.07. The van der Waals surface area contributed by atoms with Crippen molar-refractivity contribution in [2.24, 2.45) is 5.92 Å². The summed E-state index contributed by atoms with van der Waals surface area (Å²) >= 11 is 0. The molecule has 24 heavy (non-hydrogen) atoms. The molecule has 0 radical (unpaired) electrons. The van der Waals surface area contributed by atoms with Crippen LogP contribution in [0, 0.1) is 26.7 Å². The van der Waals surface area contributed by atoms with Crippen LogP contribution in [0.3, 0.4) is 0 Å². The number of hydrogen-bond donors (Lipinski definition) is 1. The van der Waals surface area contributed by atoms with Crippen molar-refractivity contribution in [3.8, 4) is 0 Å². The number of nitrogens with one attached hydrogen (secondary N) is 1. The van der Waals surface area contributed by atoms with Crippen molar-refractivity contribution in [3.63, 3.8) is 0 Å². The van der Waals surface area contributed by atoms with Crippen LogP contribution in [0.25, 0.3) is 0 Å². The first-order valence-electron chi connectivity index (χ1n) is 8.50. The van der Waals surface area contributed by atoms with E-state index in [2.05, 4.69) is 15.2 Å². The monoisotopic (exact) mass is 331 g/mol. The Kier molecular flexibility index (Phi) is 5.04. The maximum Gasteiger partial charge on any atom is 0.287 e. The Morgan fingerprint density at radius 1 is 1.33 bits per heavy atom. The van der Waals surface area contributed by atoms with E-state index in [1.807, 2.05) is 20.8 Å². The molecule has 0 saturated carbocycles. The first kappa shape index (κ1) is 16.8. The molecule has 1 fully saturated rings. The van der Waals surface area contributed by atoms with E-state index in [0.717, 1.165) is 55.4 Å². The van der Waals surface area contributed by atoms with Gasteiger partial charge in [0.2, 0.25) is 5.89 Å². The number of rotatable bonds is 5. The number of oxazole rings is 1. The molecule has 6 nitrogen and oxygen atoms in total. The summed E-state index contributed by atoms with van der Waals surface area (Å²) in [5.74, 6) is 2.50. The standard InChI is InChI=1S/C18H25N3O3/c1-12-6-9-23-17(12)18(22)19-10-15-4-7-21(8-5-15)11-16-20-13(2)14(3)24-16/h6,9,15H,4-5,7-8,10-11H2,1-3H3,(H,19,22). The Balaban J connectivity index is 1.42. The van der Waals surface area contributed by atoms with E-state index in [1.165, 1.54) is 0 Å². The number of nitrogens with zero attached hydrogens (tertiary/aromatic N) is 2. The number of carbonyl (C=O) groups is 1. The highest BCUT2D eigenvalue weighted by Gasteiger charge is 2.22. The highest BCUT2D eigenvalue weighted by Crippen LogP contribution is 2.19. The van der Waals surface area contributed by atoms with Gasteiger partial charge in [-0.15, -0.1) is 0 Å². The zero-order valence-electron chi connectivity index (χ0n) is 14.6. The molecule has 2 aromatic heterocycles. The third-order valence-corrected chi connectivity index (χ3v) is 4.76. The molecule has 130 valence electrons. The van der Waals surface area contributed by atoms with Crippen molar-refractivity contribution in [3.05, 3.63) is 41.0 Å². The SMILES string of the molecule is Cc1ccoc1C(=O)NCC1CCN(Cc2nc(C)c(C)o2)CC1. The molecule has 6 heteroatoms. The van der Waals surface area contributed by atoms with Crippen molar-refractivity contribution >= 4 is 5.91 Å². The highest BCUT2D eigenvalue weighted by molar-refractivity contribution is 5.92. The number of carbonyl (C=O) groups excluding carboxylic acids is 1. The number of piperidine rings is 1. The van der Waals surface area contributed by atoms with E-state index in [1.54, 1.807) is 12.3 Å². The Labute approximate surface area is 142 Å². The zero-order valence-corrected chi connectivity index (χ0v) is 14.6. The molecule has 1 aliphatic heterocycles. The first-order valence-corrected chi connectivity index (χ1v) is 8.50. The van der Waals surface area contributed by atoms with E-state index in [-0.39, 0.29) is 5.91 Å². The number of aromatic nitrogens is 1. The van der Waals surface area contributed by atoms with Crippen molar-refractivity contribution in [2.45, 2.75) is 40.2 Å². The average Bonchev–Trinajstić information content (AvgIpc) is 3.12. The highest BCUT2D eigenvalue weighted by atomic mass is 16.4. The van der Waals surface area contributed by atoms with E-state index < -0.39 is 0 Å². The number of aryl methyl sites for hydroxylation is 3. The Morgan fingerprint density at radius 3 is 2.67 bits per heavy atom. The summed E-state index contributed by atoms with van der Waals surface area (Å²) in [7, 11) is 0. The summed E-state index contributed by atoms with van der Waals surface area (Å²) in [5, 5.41) is 2.99. The lowest BCUT2D eigenvalue weighted by Crippen LogP contribution is -2.38. The maximum absolute atomic E-state index is 12.1. The molecule has 2 aromatic rings. The molecule has 0 spiro atoms. The molecule has 1 saturated heterocycles. The minimum absolute atomic E-state index is 0.120. The first-order chi connectivity index (χ1) is 11.5. The van der Waals surface area contributed by atoms with Crippen LogP contribution in [0.2, 0.25) is 0 Å². The lowest BCUT2D eigenvalue weighted by molar-refractivity contribution is 0.0905. The van der Waals surface area contributed by atoms with E-state index in [9.17, 15) is 4.79 Å². The molecule has 0 aromatic carbocycles. The second-order valence-corrected chi connectivity index (χ2v) is 6.61. The van der Waals surface area contributed by atoms with Crippen molar-refractivity contribution < 1.29 is 13.6 Å². The normalized spacial score (nSPS) is 16.5. The molecule has 0 aliphatic carbocycles. The van der Waals surface area contributed by atoms with Crippen LogP contribution in [0.1, 0.15) is 46.3 Å². The van der Waals surface area contributed by atoms with E-state index >= 15 is 0 Å². The second kappa shape index (κ2) is 7.21. The Morgan fingerprint density at radius 2 is 2.08 bits per heavy atom. The molecule has 1 amide bonds. The van der Waals surface area contributed by atoms with Crippen LogP contribution >= 0.6 is 0 Å². The molecule has 3 heterocycles. The summed E-state index contributed by atoms with van der Waals surface area (Å²) in [6.07, 6.45) is 3.68. The summed E-state index contributed by atoms with van der Waals surface area (Å²) in [6.45, 7) is 9.26. The number of hydrogen-bond acceptors (Lipinski definition) is 5. The number of likely N-dealkylation sites (tertiary alicyclic amines) is 1. The van der Waals surface area contributed by atoms with Gasteiger partial charge >= 0.3 is 0 Å². The van der Waals surface area contributed by atoms with Crippen LogP contribution < -0.4 is 5.32 Å². The van der Waals surface area contributed by atoms with Gasteiger partial charge < -0.3 is 14.2 Å². The molecular weight excluding hydrogens is 306 g/mol. The second-order valence-electron chi connectivity index (χ2n) is 6.61. The summed E-state index contributed by atoms with van der Waals surface area (Å²) in [5.41, 5.74) is 1.84. The molecule has 1 aliphatic rings. The fraction of sp³-hybridized carbons (Fsp3) is 0.556. The van der Waals surface area contributed by atoms with Crippen LogP contribution in [0.4, 0.5) is 0 Å². The van der Waals surface area contributed by atoms with Gasteiger partial charge in [0.05, 0.1) is 18.5 Å². The zero-order chi connectivity index (χ0) is 17.1. The Hall–Kier alpha value is -2.08. The summed E-state index contributed by atoms with van der Waals surface area (Å²) in [4.78, 5) is 18.9. The van der Waals surface area contributed by atoms with E-state index in [0.29, 0.717) is 18.2 Å². The minimum Gasteiger partial charge on any atom is -0.459 e. The summed E-state index contributed by atoms with van der Waals surface area (Å²) < 4.78 is 10.9. The van der Waals surface area contributed by atoms with Gasteiger partial charge in [-0.3, -0.25) is 9.69 Å². The van der Waals surface area contributed by atoms with Gasteiger partial charge in [0.15, 0.2) is 5.76 Å². The quantitative estimate of drug-likeness (QED) is 0.912. The molecule has 0 atom stereocenters. The predicted octanol–water partition coefficient (Wildman–Crippen LogP) is 2.83. The number of furan rings is 1. The van der Waals surface area contributed by atoms with Crippen LogP contribution in [0.5, 0.6) is 0 Å². The molecule has 0 unspecified atom stereocenters. The Bertz CT molecular complexity index is 677. The van der Waals surface area contributed by atoms with Gasteiger partial charge in [-0.25, -0.2) is 4.98 Å². The topological polar surface area (TPSA) is 71.5 Å². The van der Waals surface area contributed by atoms with Gasteiger partial charge in [0.1, 0.15) is 5.76 Å². The smallest absolute Gasteiger partial charge is 0.287 e. The maximum atomic E-state index is 12.1. The van der Waals surface area contributed by atoms with Crippen LogP contribution in [-0.4, -0.2) is 35.4 Å². The molecule has 3 rings (SSSR count). The van der Waals surface area contributed by atoms with Gasteiger partial charge in [0, 0.05) is 12.1 Å². The minimum atomic E-state index is -0.120. The van der Waals surface area contributed by atoms with Crippen LogP contribution in [0.15, 0.2) is 21.2 Å². The summed E-state index contributed by atoms with van der Waals surface area (Å²) in [6, 6.07) is 1.81. The van der Waals surface area contributed by atoms with Gasteiger partial charge in [-0.2, -0.15) is 0 Å². The fourth-order valence-electron chi connectivity index (χ4n) is 3.07. The van der Waals surface area contributed by atoms with Gasteiger partial charge in [0.25, 0.3) is 5.91 Å². The van der Waals surface area contributed by atoms with Gasteiger partial charge in [-0.1, -0.05) is 0 Å². The average molecular weight is 331 g/mol. The lowest BCUT2D eigenvalue weighted by Gasteiger charge is -2.31. The molecular formula is C18H25N3O3. The number of amides is 1. The van der Waals surface area contributed by atoms with Gasteiger partial charge in [-0.05, 0) is 58.7 Å². The van der Waals surface area contributed by atoms with Crippen molar-refractivity contribution in [2.75, 3.05) is 19.6 Å². The van der Waals surface area contributed by atoms with Crippen molar-refractivity contribution in [1.29, 1.82) is 0 Å². The largest absolute Gasteiger partial charge is 0.459 e. The molecule has 0 bridgehead atoms. The lowest BCUT2D eigenvalue weighted by atomic mass is 9.97. The van der Waals surface area contributed by atoms with Crippen molar-refractivity contribution in [1.82, 2.24) is 15.2 Å². The third-order valence-electron chi connectivity index (χ3n) is 4.76. The van der Waals surface area contributed by atoms with E-state index in [4.69, 9.17) is 8.83 Å².